The smallest absolute Gasteiger partial charge is 0.0762 e. The zero-order chi connectivity index (χ0) is 12.3. The van der Waals surface area contributed by atoms with Crippen LogP contribution in [0.3, 0.4) is 0 Å². The molecule has 0 spiro atoms. The summed E-state index contributed by atoms with van der Waals surface area (Å²) in [6, 6.07) is 6.52. The number of benzene rings is 1. The molecule has 0 fully saturated rings. The van der Waals surface area contributed by atoms with E-state index in [1.54, 1.807) is 6.92 Å². The van der Waals surface area contributed by atoms with Crippen molar-refractivity contribution in [3.63, 3.8) is 0 Å². The van der Waals surface area contributed by atoms with Gasteiger partial charge >= 0.3 is 0 Å². The Morgan fingerprint density at radius 1 is 1.38 bits per heavy atom. The average molecular weight is 286 g/mol. The van der Waals surface area contributed by atoms with Crippen LogP contribution in [0.2, 0.25) is 0 Å². The van der Waals surface area contributed by atoms with Crippen molar-refractivity contribution in [1.82, 2.24) is 0 Å². The van der Waals surface area contributed by atoms with Gasteiger partial charge in [-0.2, -0.15) is 0 Å². The maximum atomic E-state index is 9.50. The molecule has 1 rings (SSSR count). The predicted octanol–water partition coefficient (Wildman–Crippen LogP) is 3.74. The first-order valence-corrected chi connectivity index (χ1v) is 6.47. The second kappa shape index (κ2) is 5.69. The number of hydrogen-bond donors (Lipinski definition) is 1. The minimum absolute atomic E-state index is 0.417. The quantitative estimate of drug-likeness (QED) is 0.911. The second-order valence-electron chi connectivity index (χ2n) is 4.25. The van der Waals surface area contributed by atoms with Crippen LogP contribution in [0.4, 0.5) is 5.69 Å². The van der Waals surface area contributed by atoms with Gasteiger partial charge in [0, 0.05) is 17.6 Å². The van der Waals surface area contributed by atoms with E-state index >= 15 is 0 Å². The standard InChI is InChI=1S/C13H20BrNO/c1-5-9(2)15(4)13-7-6-11(10(3)16)8-12(13)14/h6-10,16H,5H2,1-4H3/t9?,10-/m0/s1. The molecule has 2 nitrogen and oxygen atoms in total. The summed E-state index contributed by atoms with van der Waals surface area (Å²) in [5.41, 5.74) is 2.10. The van der Waals surface area contributed by atoms with Crippen LogP contribution in [0.15, 0.2) is 22.7 Å². The fourth-order valence-electron chi connectivity index (χ4n) is 1.58. The Morgan fingerprint density at radius 3 is 2.44 bits per heavy atom. The highest BCUT2D eigenvalue weighted by atomic mass is 79.9. The Balaban J connectivity index is 2.99. The van der Waals surface area contributed by atoms with E-state index < -0.39 is 6.10 Å². The summed E-state index contributed by atoms with van der Waals surface area (Å²) >= 11 is 3.56. The van der Waals surface area contributed by atoms with Crippen molar-refractivity contribution in [2.75, 3.05) is 11.9 Å². The number of halogens is 1. The van der Waals surface area contributed by atoms with E-state index in [9.17, 15) is 5.11 Å². The Morgan fingerprint density at radius 2 is 2.00 bits per heavy atom. The third kappa shape index (κ3) is 2.98. The van der Waals surface area contributed by atoms with E-state index in [1.165, 1.54) is 5.69 Å². The van der Waals surface area contributed by atoms with E-state index in [-0.39, 0.29) is 0 Å². The molecule has 3 heteroatoms. The number of nitrogens with zero attached hydrogens (tertiary/aromatic N) is 1. The molecule has 0 aliphatic heterocycles. The van der Waals surface area contributed by atoms with Gasteiger partial charge in [0.15, 0.2) is 0 Å². The Bertz CT molecular complexity index is 352. The summed E-state index contributed by atoms with van der Waals surface area (Å²) in [5, 5.41) is 9.50. The molecular formula is C13H20BrNO. The minimum atomic E-state index is -0.417. The lowest BCUT2D eigenvalue weighted by Crippen LogP contribution is -2.28. The van der Waals surface area contributed by atoms with Crippen molar-refractivity contribution < 1.29 is 5.11 Å². The highest BCUT2D eigenvalue weighted by molar-refractivity contribution is 9.10. The predicted molar refractivity (Wildman–Crippen MR) is 72.9 cm³/mol. The lowest BCUT2D eigenvalue weighted by atomic mass is 10.1. The highest BCUT2D eigenvalue weighted by Gasteiger charge is 2.12. The molecule has 90 valence electrons. The van der Waals surface area contributed by atoms with Gasteiger partial charge in [0.1, 0.15) is 0 Å². The van der Waals surface area contributed by atoms with Crippen LogP contribution in [0.1, 0.15) is 38.9 Å². The summed E-state index contributed by atoms with van der Waals surface area (Å²) in [6.07, 6.45) is 0.695. The van der Waals surface area contributed by atoms with Crippen molar-refractivity contribution in [2.24, 2.45) is 0 Å². The van der Waals surface area contributed by atoms with E-state index in [4.69, 9.17) is 0 Å². The molecular weight excluding hydrogens is 266 g/mol. The molecule has 1 N–H and O–H groups in total. The SMILES string of the molecule is CCC(C)N(C)c1ccc([C@H](C)O)cc1Br. The molecule has 1 aromatic carbocycles. The molecule has 0 radical (unpaired) electrons. The van der Waals surface area contributed by atoms with E-state index in [0.717, 1.165) is 16.5 Å². The number of rotatable bonds is 4. The number of hydrogen-bond acceptors (Lipinski definition) is 2. The van der Waals surface area contributed by atoms with Crippen LogP contribution in [0, 0.1) is 0 Å². The van der Waals surface area contributed by atoms with Gasteiger partial charge in [0.2, 0.25) is 0 Å². The van der Waals surface area contributed by atoms with Crippen molar-refractivity contribution in [3.8, 4) is 0 Å². The fraction of sp³-hybridized carbons (Fsp3) is 0.538. The van der Waals surface area contributed by atoms with Gasteiger partial charge in [0.25, 0.3) is 0 Å². The van der Waals surface area contributed by atoms with Crippen molar-refractivity contribution >= 4 is 21.6 Å². The molecule has 0 saturated heterocycles. The van der Waals surface area contributed by atoms with Crippen LogP contribution >= 0.6 is 15.9 Å². The summed E-state index contributed by atoms with van der Waals surface area (Å²) in [6.45, 7) is 6.16. The Hall–Kier alpha value is -0.540. The fourth-order valence-corrected chi connectivity index (χ4v) is 2.26. The number of anilines is 1. The van der Waals surface area contributed by atoms with Crippen molar-refractivity contribution in [2.45, 2.75) is 39.3 Å². The first-order chi connectivity index (χ1) is 7.47. The van der Waals surface area contributed by atoms with Crippen molar-refractivity contribution in [3.05, 3.63) is 28.2 Å². The molecule has 16 heavy (non-hydrogen) atoms. The lowest BCUT2D eigenvalue weighted by molar-refractivity contribution is 0.199. The topological polar surface area (TPSA) is 23.5 Å². The molecule has 0 aromatic heterocycles. The minimum Gasteiger partial charge on any atom is -0.389 e. The maximum absolute atomic E-state index is 9.50. The maximum Gasteiger partial charge on any atom is 0.0762 e. The summed E-state index contributed by atoms with van der Waals surface area (Å²) in [4.78, 5) is 2.25. The Kier molecular flexibility index (Phi) is 4.81. The van der Waals surface area contributed by atoms with Gasteiger partial charge in [-0.05, 0) is 53.9 Å². The van der Waals surface area contributed by atoms with Gasteiger partial charge in [0.05, 0.1) is 11.8 Å². The van der Waals surface area contributed by atoms with Crippen LogP contribution in [0.25, 0.3) is 0 Å². The van der Waals surface area contributed by atoms with Crippen molar-refractivity contribution in [1.29, 1.82) is 0 Å². The molecule has 0 aliphatic rings. The summed E-state index contributed by atoms with van der Waals surface area (Å²) in [5.74, 6) is 0. The molecule has 0 heterocycles. The van der Waals surface area contributed by atoms with Gasteiger partial charge in [-0.25, -0.2) is 0 Å². The third-order valence-electron chi connectivity index (χ3n) is 3.09. The highest BCUT2D eigenvalue weighted by Crippen LogP contribution is 2.30. The first kappa shape index (κ1) is 13.5. The normalized spacial score (nSPS) is 14.6. The van der Waals surface area contributed by atoms with Gasteiger partial charge in [-0.15, -0.1) is 0 Å². The van der Waals surface area contributed by atoms with Gasteiger partial charge in [-0.1, -0.05) is 13.0 Å². The van der Waals surface area contributed by atoms with Gasteiger partial charge < -0.3 is 10.0 Å². The summed E-state index contributed by atoms with van der Waals surface area (Å²) in [7, 11) is 2.09. The lowest BCUT2D eigenvalue weighted by Gasteiger charge is -2.27. The van der Waals surface area contributed by atoms with E-state index in [0.29, 0.717) is 6.04 Å². The van der Waals surface area contributed by atoms with Gasteiger partial charge in [-0.3, -0.25) is 0 Å². The van der Waals surface area contributed by atoms with E-state index in [1.807, 2.05) is 12.1 Å². The molecule has 0 saturated carbocycles. The van der Waals surface area contributed by atoms with Crippen LogP contribution in [-0.4, -0.2) is 18.2 Å². The first-order valence-electron chi connectivity index (χ1n) is 5.67. The number of aliphatic hydroxyl groups is 1. The molecule has 1 unspecified atom stereocenters. The summed E-state index contributed by atoms with van der Waals surface area (Å²) < 4.78 is 1.04. The van der Waals surface area contributed by atoms with E-state index in [2.05, 4.69) is 47.8 Å². The third-order valence-corrected chi connectivity index (χ3v) is 3.72. The second-order valence-corrected chi connectivity index (χ2v) is 5.11. The monoisotopic (exact) mass is 285 g/mol. The van der Waals surface area contributed by atoms with Crippen LogP contribution in [0.5, 0.6) is 0 Å². The number of aliphatic hydroxyl groups excluding tert-OH is 1. The molecule has 0 bridgehead atoms. The Labute approximate surface area is 106 Å². The van der Waals surface area contributed by atoms with Crippen LogP contribution < -0.4 is 4.90 Å². The molecule has 0 aliphatic carbocycles. The average Bonchev–Trinajstić information content (AvgIpc) is 2.26. The molecule has 2 atom stereocenters. The largest absolute Gasteiger partial charge is 0.389 e. The molecule has 1 aromatic rings. The van der Waals surface area contributed by atoms with Crippen LogP contribution in [-0.2, 0) is 0 Å². The zero-order valence-corrected chi connectivity index (χ0v) is 12.0. The zero-order valence-electron chi connectivity index (χ0n) is 10.4. The molecule has 0 amide bonds.